The highest BCUT2D eigenvalue weighted by Gasteiger charge is 2.30. The van der Waals surface area contributed by atoms with Crippen molar-refractivity contribution in [2.24, 2.45) is 17.6 Å². The molecule has 2 heteroatoms. The summed E-state index contributed by atoms with van der Waals surface area (Å²) < 4.78 is 0. The van der Waals surface area contributed by atoms with E-state index in [9.17, 15) is 0 Å². The van der Waals surface area contributed by atoms with Gasteiger partial charge in [-0.1, -0.05) is 13.8 Å². The predicted molar refractivity (Wildman–Crippen MR) is 64.7 cm³/mol. The van der Waals surface area contributed by atoms with Crippen LogP contribution in [0.1, 0.15) is 46.0 Å². The Labute approximate surface area is 94.2 Å². The fourth-order valence-electron chi connectivity index (χ4n) is 3.57. The van der Waals surface area contributed by atoms with Crippen molar-refractivity contribution in [3.8, 4) is 0 Å². The van der Waals surface area contributed by atoms with Crippen LogP contribution in [-0.4, -0.2) is 30.1 Å². The number of hydrogen-bond donors (Lipinski definition) is 1. The first kappa shape index (κ1) is 11.4. The van der Waals surface area contributed by atoms with Crippen molar-refractivity contribution >= 4 is 0 Å². The fourth-order valence-corrected chi connectivity index (χ4v) is 3.57. The van der Waals surface area contributed by atoms with Crippen LogP contribution in [0.2, 0.25) is 0 Å². The Hall–Kier alpha value is -0.0800. The van der Waals surface area contributed by atoms with Crippen LogP contribution in [0.25, 0.3) is 0 Å². The Morgan fingerprint density at radius 1 is 1.07 bits per heavy atom. The van der Waals surface area contributed by atoms with Crippen LogP contribution in [0, 0.1) is 11.8 Å². The SMILES string of the molecule is CC1CC(C)CC(N2CCC[C@@H](N)C2)C1. The van der Waals surface area contributed by atoms with E-state index in [-0.39, 0.29) is 0 Å². The maximum Gasteiger partial charge on any atom is 0.0168 e. The van der Waals surface area contributed by atoms with Crippen LogP contribution >= 0.6 is 0 Å². The van der Waals surface area contributed by atoms with Crippen LogP contribution in [-0.2, 0) is 0 Å². The molecule has 2 N–H and O–H groups in total. The molecule has 2 aliphatic rings. The normalized spacial score (nSPS) is 44.2. The quantitative estimate of drug-likeness (QED) is 0.719. The van der Waals surface area contributed by atoms with Crippen molar-refractivity contribution in [2.45, 2.75) is 58.0 Å². The highest BCUT2D eigenvalue weighted by atomic mass is 15.2. The van der Waals surface area contributed by atoms with Gasteiger partial charge in [0.1, 0.15) is 0 Å². The first-order valence-corrected chi connectivity index (χ1v) is 6.64. The minimum Gasteiger partial charge on any atom is -0.327 e. The molecule has 1 aliphatic heterocycles. The molecule has 1 heterocycles. The molecule has 0 bridgehead atoms. The van der Waals surface area contributed by atoms with E-state index in [0.717, 1.165) is 24.4 Å². The van der Waals surface area contributed by atoms with Crippen molar-refractivity contribution in [3.63, 3.8) is 0 Å². The van der Waals surface area contributed by atoms with Gasteiger partial charge in [-0.15, -0.1) is 0 Å². The van der Waals surface area contributed by atoms with Gasteiger partial charge < -0.3 is 5.73 Å². The van der Waals surface area contributed by atoms with E-state index < -0.39 is 0 Å². The number of nitrogens with two attached hydrogens (primary N) is 1. The van der Waals surface area contributed by atoms with E-state index in [0.29, 0.717) is 6.04 Å². The van der Waals surface area contributed by atoms with Crippen molar-refractivity contribution in [2.75, 3.05) is 13.1 Å². The molecule has 1 aliphatic carbocycles. The molecule has 2 nitrogen and oxygen atoms in total. The fraction of sp³-hybridized carbons (Fsp3) is 1.00. The molecule has 1 saturated carbocycles. The molecule has 2 unspecified atom stereocenters. The molecular weight excluding hydrogens is 184 g/mol. The highest BCUT2D eigenvalue weighted by Crippen LogP contribution is 2.32. The summed E-state index contributed by atoms with van der Waals surface area (Å²) in [5.41, 5.74) is 6.06. The number of likely N-dealkylation sites (tertiary alicyclic amines) is 1. The maximum absolute atomic E-state index is 6.06. The van der Waals surface area contributed by atoms with Gasteiger partial charge in [-0.2, -0.15) is 0 Å². The zero-order chi connectivity index (χ0) is 10.8. The Morgan fingerprint density at radius 3 is 2.33 bits per heavy atom. The van der Waals surface area contributed by atoms with Gasteiger partial charge in [-0.25, -0.2) is 0 Å². The van der Waals surface area contributed by atoms with Gasteiger partial charge >= 0.3 is 0 Å². The molecule has 0 radical (unpaired) electrons. The van der Waals surface area contributed by atoms with Crippen molar-refractivity contribution in [1.29, 1.82) is 0 Å². The summed E-state index contributed by atoms with van der Waals surface area (Å²) in [7, 11) is 0. The molecule has 2 rings (SSSR count). The van der Waals surface area contributed by atoms with Gasteiger partial charge in [0.05, 0.1) is 0 Å². The van der Waals surface area contributed by atoms with Crippen LogP contribution < -0.4 is 5.73 Å². The standard InChI is InChI=1S/C13H26N2/c1-10-6-11(2)8-13(7-10)15-5-3-4-12(14)9-15/h10-13H,3-9,14H2,1-2H3/t10?,11?,12-,13?/m1/s1. The van der Waals surface area contributed by atoms with Crippen molar-refractivity contribution in [1.82, 2.24) is 4.90 Å². The van der Waals surface area contributed by atoms with Crippen LogP contribution in [0.5, 0.6) is 0 Å². The average molecular weight is 210 g/mol. The number of nitrogens with zero attached hydrogens (tertiary/aromatic N) is 1. The summed E-state index contributed by atoms with van der Waals surface area (Å²) >= 11 is 0. The van der Waals surface area contributed by atoms with E-state index in [1.165, 1.54) is 38.6 Å². The molecule has 0 aromatic heterocycles. The molecule has 0 amide bonds. The summed E-state index contributed by atoms with van der Waals surface area (Å²) in [6, 6.07) is 1.27. The van der Waals surface area contributed by atoms with Gasteiger partial charge in [0.25, 0.3) is 0 Å². The average Bonchev–Trinajstić information content (AvgIpc) is 2.16. The van der Waals surface area contributed by atoms with E-state index in [2.05, 4.69) is 18.7 Å². The molecule has 2 fully saturated rings. The molecular formula is C13H26N2. The number of hydrogen-bond acceptors (Lipinski definition) is 2. The summed E-state index contributed by atoms with van der Waals surface area (Å²) in [5, 5.41) is 0. The second-order valence-corrected chi connectivity index (χ2v) is 5.97. The molecule has 1 saturated heterocycles. The van der Waals surface area contributed by atoms with E-state index >= 15 is 0 Å². The number of piperidine rings is 1. The topological polar surface area (TPSA) is 29.3 Å². The van der Waals surface area contributed by atoms with Gasteiger partial charge in [0.15, 0.2) is 0 Å². The molecule has 0 spiro atoms. The molecule has 0 aromatic carbocycles. The number of rotatable bonds is 1. The minimum absolute atomic E-state index is 0.436. The first-order valence-electron chi connectivity index (χ1n) is 6.64. The summed E-state index contributed by atoms with van der Waals surface area (Å²) in [5.74, 6) is 1.83. The van der Waals surface area contributed by atoms with Crippen molar-refractivity contribution < 1.29 is 0 Å². The molecule has 0 aromatic rings. The lowest BCUT2D eigenvalue weighted by Gasteiger charge is -2.42. The minimum atomic E-state index is 0.436. The second-order valence-electron chi connectivity index (χ2n) is 5.97. The third-order valence-corrected chi connectivity index (χ3v) is 4.16. The Balaban J connectivity index is 1.91. The summed E-state index contributed by atoms with van der Waals surface area (Å²) in [6.07, 6.45) is 6.76. The lowest BCUT2D eigenvalue weighted by Crippen LogP contribution is -2.49. The zero-order valence-electron chi connectivity index (χ0n) is 10.3. The third-order valence-electron chi connectivity index (χ3n) is 4.16. The lowest BCUT2D eigenvalue weighted by atomic mass is 9.79. The maximum atomic E-state index is 6.06. The first-order chi connectivity index (χ1) is 7.15. The van der Waals surface area contributed by atoms with Crippen LogP contribution in [0.4, 0.5) is 0 Å². The third kappa shape index (κ3) is 2.94. The monoisotopic (exact) mass is 210 g/mol. The van der Waals surface area contributed by atoms with E-state index in [1.54, 1.807) is 0 Å². The zero-order valence-corrected chi connectivity index (χ0v) is 10.3. The highest BCUT2D eigenvalue weighted by molar-refractivity contribution is 4.86. The van der Waals surface area contributed by atoms with E-state index in [4.69, 9.17) is 5.73 Å². The van der Waals surface area contributed by atoms with Gasteiger partial charge in [0.2, 0.25) is 0 Å². The Bertz CT molecular complexity index is 195. The smallest absolute Gasteiger partial charge is 0.0168 e. The van der Waals surface area contributed by atoms with Gasteiger partial charge in [-0.05, 0) is 50.5 Å². The van der Waals surface area contributed by atoms with Crippen LogP contribution in [0.15, 0.2) is 0 Å². The largest absolute Gasteiger partial charge is 0.327 e. The molecule has 15 heavy (non-hydrogen) atoms. The Kier molecular flexibility index (Phi) is 3.68. The predicted octanol–water partition coefficient (Wildman–Crippen LogP) is 2.23. The van der Waals surface area contributed by atoms with Gasteiger partial charge in [-0.3, -0.25) is 4.90 Å². The summed E-state index contributed by atoms with van der Waals surface area (Å²) in [6.45, 7) is 7.25. The molecule has 88 valence electrons. The van der Waals surface area contributed by atoms with E-state index in [1.807, 2.05) is 0 Å². The lowest BCUT2D eigenvalue weighted by molar-refractivity contribution is 0.0844. The van der Waals surface area contributed by atoms with Gasteiger partial charge in [0, 0.05) is 18.6 Å². The Morgan fingerprint density at radius 2 is 1.73 bits per heavy atom. The van der Waals surface area contributed by atoms with Crippen molar-refractivity contribution in [3.05, 3.63) is 0 Å². The summed E-state index contributed by atoms with van der Waals surface area (Å²) in [4.78, 5) is 2.67. The van der Waals surface area contributed by atoms with Crippen LogP contribution in [0.3, 0.4) is 0 Å². The molecule has 3 atom stereocenters. The second kappa shape index (κ2) is 4.84.